The monoisotopic (exact) mass is 182 g/mol. The van der Waals surface area contributed by atoms with Gasteiger partial charge in [0, 0.05) is 12.2 Å². The molecule has 3 heteroatoms. The molecule has 1 N–H and O–H groups in total. The molecule has 1 aliphatic heterocycles. The van der Waals surface area contributed by atoms with Gasteiger partial charge < -0.3 is 5.32 Å². The predicted molar refractivity (Wildman–Crippen MR) is 49.2 cm³/mol. The van der Waals surface area contributed by atoms with E-state index in [1.807, 2.05) is 12.1 Å². The molecule has 1 unspecified atom stereocenters. The summed E-state index contributed by atoms with van der Waals surface area (Å²) >= 11 is 5.78. The fourth-order valence-corrected chi connectivity index (χ4v) is 1.79. The number of pyridine rings is 1. The van der Waals surface area contributed by atoms with Gasteiger partial charge in [0.05, 0.1) is 0 Å². The number of aromatic nitrogens is 1. The first kappa shape index (κ1) is 8.02. The fourth-order valence-electron chi connectivity index (χ4n) is 1.60. The van der Waals surface area contributed by atoms with Crippen LogP contribution in [0.1, 0.15) is 24.4 Å². The maximum atomic E-state index is 5.78. The summed E-state index contributed by atoms with van der Waals surface area (Å²) < 4.78 is 0. The second-order valence-corrected chi connectivity index (χ2v) is 3.45. The Hall–Kier alpha value is -0.600. The topological polar surface area (TPSA) is 24.9 Å². The van der Waals surface area contributed by atoms with E-state index in [4.69, 9.17) is 11.6 Å². The van der Waals surface area contributed by atoms with Gasteiger partial charge in [-0.1, -0.05) is 11.6 Å². The molecule has 1 atom stereocenters. The maximum Gasteiger partial charge on any atom is 0.129 e. The standard InChI is InChI=1S/C9H11ClN2/c10-9-6-7(3-5-12-9)8-2-1-4-11-8/h3,5-6,8,11H,1-2,4H2. The predicted octanol–water partition coefficient (Wildman–Crippen LogP) is 2.16. The molecule has 0 bridgehead atoms. The lowest BCUT2D eigenvalue weighted by molar-refractivity contribution is 0.647. The van der Waals surface area contributed by atoms with Crippen LogP contribution in [0.3, 0.4) is 0 Å². The van der Waals surface area contributed by atoms with Gasteiger partial charge >= 0.3 is 0 Å². The lowest BCUT2D eigenvalue weighted by Crippen LogP contribution is -2.12. The number of nitrogens with one attached hydrogen (secondary N) is 1. The lowest BCUT2D eigenvalue weighted by Gasteiger charge is -2.09. The van der Waals surface area contributed by atoms with E-state index in [2.05, 4.69) is 10.3 Å². The van der Waals surface area contributed by atoms with Crippen LogP contribution >= 0.6 is 11.6 Å². The highest BCUT2D eigenvalue weighted by Crippen LogP contribution is 2.23. The van der Waals surface area contributed by atoms with Crippen molar-refractivity contribution in [3.05, 3.63) is 29.0 Å². The molecule has 0 aliphatic carbocycles. The van der Waals surface area contributed by atoms with Crippen molar-refractivity contribution in [2.45, 2.75) is 18.9 Å². The third-order valence-electron chi connectivity index (χ3n) is 2.21. The molecule has 1 aromatic heterocycles. The molecule has 12 heavy (non-hydrogen) atoms. The molecule has 0 spiro atoms. The Morgan fingerprint density at radius 2 is 2.50 bits per heavy atom. The second kappa shape index (κ2) is 3.42. The molecule has 0 saturated carbocycles. The molecule has 1 fully saturated rings. The van der Waals surface area contributed by atoms with Crippen molar-refractivity contribution in [3.8, 4) is 0 Å². The summed E-state index contributed by atoms with van der Waals surface area (Å²) in [5.41, 5.74) is 1.26. The van der Waals surface area contributed by atoms with E-state index >= 15 is 0 Å². The van der Waals surface area contributed by atoms with Crippen molar-refractivity contribution < 1.29 is 0 Å². The lowest BCUT2D eigenvalue weighted by atomic mass is 10.1. The van der Waals surface area contributed by atoms with Crippen LogP contribution in [0.4, 0.5) is 0 Å². The van der Waals surface area contributed by atoms with Gasteiger partial charge in [-0.25, -0.2) is 4.98 Å². The molecular weight excluding hydrogens is 172 g/mol. The zero-order valence-electron chi connectivity index (χ0n) is 6.76. The molecule has 2 nitrogen and oxygen atoms in total. The molecule has 2 heterocycles. The summed E-state index contributed by atoms with van der Waals surface area (Å²) in [6, 6.07) is 4.45. The first-order valence-electron chi connectivity index (χ1n) is 4.21. The Balaban J connectivity index is 2.21. The van der Waals surface area contributed by atoms with E-state index in [9.17, 15) is 0 Å². The minimum absolute atomic E-state index is 0.491. The van der Waals surface area contributed by atoms with Crippen molar-refractivity contribution >= 4 is 11.6 Å². The largest absolute Gasteiger partial charge is 0.310 e. The van der Waals surface area contributed by atoms with E-state index < -0.39 is 0 Å². The Morgan fingerprint density at radius 1 is 1.58 bits per heavy atom. The van der Waals surface area contributed by atoms with Crippen LogP contribution in [0.15, 0.2) is 18.3 Å². The van der Waals surface area contributed by atoms with E-state index in [0.717, 1.165) is 6.54 Å². The molecular formula is C9H11ClN2. The molecule has 2 rings (SSSR count). The van der Waals surface area contributed by atoms with E-state index in [0.29, 0.717) is 11.2 Å². The van der Waals surface area contributed by atoms with Crippen molar-refractivity contribution in [1.82, 2.24) is 10.3 Å². The van der Waals surface area contributed by atoms with Crippen molar-refractivity contribution in [1.29, 1.82) is 0 Å². The first-order chi connectivity index (χ1) is 5.86. The highest BCUT2D eigenvalue weighted by Gasteiger charge is 2.15. The average Bonchev–Trinajstić information content (AvgIpc) is 2.56. The SMILES string of the molecule is Clc1cc(C2CCCN2)ccn1. The minimum Gasteiger partial charge on any atom is -0.310 e. The average molecular weight is 183 g/mol. The maximum absolute atomic E-state index is 5.78. The van der Waals surface area contributed by atoms with Gasteiger partial charge in [-0.15, -0.1) is 0 Å². The fraction of sp³-hybridized carbons (Fsp3) is 0.444. The molecule has 0 amide bonds. The quantitative estimate of drug-likeness (QED) is 0.674. The number of hydrogen-bond donors (Lipinski definition) is 1. The molecule has 1 saturated heterocycles. The van der Waals surface area contributed by atoms with E-state index in [1.54, 1.807) is 6.20 Å². The van der Waals surface area contributed by atoms with Crippen LogP contribution in [0.2, 0.25) is 5.15 Å². The second-order valence-electron chi connectivity index (χ2n) is 3.06. The zero-order chi connectivity index (χ0) is 8.39. The van der Waals surface area contributed by atoms with Crippen LogP contribution in [0, 0.1) is 0 Å². The summed E-state index contributed by atoms with van der Waals surface area (Å²) in [6.07, 6.45) is 4.22. The Morgan fingerprint density at radius 3 is 3.17 bits per heavy atom. The van der Waals surface area contributed by atoms with Crippen molar-refractivity contribution in [3.63, 3.8) is 0 Å². The number of nitrogens with zero attached hydrogens (tertiary/aromatic N) is 1. The summed E-state index contributed by atoms with van der Waals surface area (Å²) in [7, 11) is 0. The minimum atomic E-state index is 0.491. The normalized spacial score (nSPS) is 22.9. The van der Waals surface area contributed by atoms with Gasteiger partial charge in [-0.2, -0.15) is 0 Å². The molecule has 0 aromatic carbocycles. The molecule has 1 aliphatic rings. The van der Waals surface area contributed by atoms with Crippen LogP contribution in [-0.4, -0.2) is 11.5 Å². The van der Waals surface area contributed by atoms with Gasteiger partial charge in [-0.3, -0.25) is 0 Å². The number of rotatable bonds is 1. The van der Waals surface area contributed by atoms with Gasteiger partial charge in [0.2, 0.25) is 0 Å². The third kappa shape index (κ3) is 1.59. The van der Waals surface area contributed by atoms with Gasteiger partial charge in [0.1, 0.15) is 5.15 Å². The molecule has 1 aromatic rings. The van der Waals surface area contributed by atoms with Gasteiger partial charge in [0.25, 0.3) is 0 Å². The van der Waals surface area contributed by atoms with Crippen LogP contribution in [0.5, 0.6) is 0 Å². The highest BCUT2D eigenvalue weighted by molar-refractivity contribution is 6.29. The Bertz CT molecular complexity index is 269. The van der Waals surface area contributed by atoms with Gasteiger partial charge in [-0.05, 0) is 37.1 Å². The Labute approximate surface area is 77.0 Å². The zero-order valence-corrected chi connectivity index (χ0v) is 7.51. The molecule has 0 radical (unpaired) electrons. The summed E-state index contributed by atoms with van der Waals surface area (Å²) in [6.45, 7) is 1.12. The van der Waals surface area contributed by atoms with Crippen molar-refractivity contribution in [2.24, 2.45) is 0 Å². The summed E-state index contributed by atoms with van der Waals surface area (Å²) in [5, 5.41) is 4.00. The van der Waals surface area contributed by atoms with Crippen molar-refractivity contribution in [2.75, 3.05) is 6.54 Å². The van der Waals surface area contributed by atoms with E-state index in [-0.39, 0.29) is 0 Å². The number of halogens is 1. The summed E-state index contributed by atoms with van der Waals surface area (Å²) in [5.74, 6) is 0. The smallest absolute Gasteiger partial charge is 0.129 e. The van der Waals surface area contributed by atoms with E-state index in [1.165, 1.54) is 18.4 Å². The van der Waals surface area contributed by atoms with Crippen LogP contribution in [0.25, 0.3) is 0 Å². The van der Waals surface area contributed by atoms with Crippen LogP contribution < -0.4 is 5.32 Å². The van der Waals surface area contributed by atoms with Gasteiger partial charge in [0.15, 0.2) is 0 Å². The Kier molecular flexibility index (Phi) is 2.28. The molecule has 64 valence electrons. The summed E-state index contributed by atoms with van der Waals surface area (Å²) in [4.78, 5) is 3.95. The van der Waals surface area contributed by atoms with Crippen LogP contribution in [-0.2, 0) is 0 Å². The highest BCUT2D eigenvalue weighted by atomic mass is 35.5. The third-order valence-corrected chi connectivity index (χ3v) is 2.42. The number of hydrogen-bond acceptors (Lipinski definition) is 2. The first-order valence-corrected chi connectivity index (χ1v) is 4.59.